The van der Waals surface area contributed by atoms with E-state index in [0.29, 0.717) is 42.7 Å². The number of fused-ring (bicyclic) bond motifs is 1. The number of carbonyl (C=O) groups is 1. The molecular formula is C19H17F3N4O. The van der Waals surface area contributed by atoms with E-state index >= 15 is 0 Å². The average Bonchev–Trinajstić information content (AvgIpc) is 3.11. The van der Waals surface area contributed by atoms with Crippen molar-refractivity contribution in [3.63, 3.8) is 0 Å². The predicted octanol–water partition coefficient (Wildman–Crippen LogP) is 4.00. The molecule has 1 aromatic carbocycles. The van der Waals surface area contributed by atoms with Gasteiger partial charge in [0.15, 0.2) is 11.5 Å². The highest BCUT2D eigenvalue weighted by molar-refractivity contribution is 5.93. The van der Waals surface area contributed by atoms with Crippen molar-refractivity contribution in [2.45, 2.75) is 24.9 Å². The lowest BCUT2D eigenvalue weighted by Crippen LogP contribution is -2.38. The number of hydrogen-bond donors (Lipinski definition) is 1. The number of aromatic nitrogens is 3. The number of nitrogens with zero attached hydrogens (tertiary/aromatic N) is 3. The summed E-state index contributed by atoms with van der Waals surface area (Å²) in [4.78, 5) is 25.5. The molecule has 0 aliphatic carbocycles. The second-order valence-corrected chi connectivity index (χ2v) is 6.61. The lowest BCUT2D eigenvalue weighted by Gasteiger charge is -2.32. The first-order valence-corrected chi connectivity index (χ1v) is 8.69. The van der Waals surface area contributed by atoms with Crippen molar-refractivity contribution >= 4 is 17.1 Å². The van der Waals surface area contributed by atoms with Gasteiger partial charge in [0.1, 0.15) is 0 Å². The van der Waals surface area contributed by atoms with E-state index in [9.17, 15) is 18.0 Å². The zero-order chi connectivity index (χ0) is 19.0. The van der Waals surface area contributed by atoms with E-state index in [1.807, 2.05) is 0 Å². The van der Waals surface area contributed by atoms with Crippen LogP contribution in [0, 0.1) is 0 Å². The van der Waals surface area contributed by atoms with Crippen LogP contribution in [0.1, 0.15) is 40.5 Å². The normalized spacial score (nSPS) is 16.0. The van der Waals surface area contributed by atoms with Crippen molar-refractivity contribution in [2.75, 3.05) is 13.1 Å². The fourth-order valence-electron chi connectivity index (χ4n) is 3.60. The molecule has 4 rings (SSSR count). The molecule has 8 heteroatoms. The number of H-pyrrole nitrogens is 1. The number of nitrogens with one attached hydrogen (secondary N) is 1. The van der Waals surface area contributed by atoms with Crippen molar-refractivity contribution in [2.24, 2.45) is 0 Å². The summed E-state index contributed by atoms with van der Waals surface area (Å²) in [5, 5.41) is 0. The van der Waals surface area contributed by atoms with Crippen LogP contribution in [0.25, 0.3) is 11.2 Å². The molecule has 1 amide bonds. The Bertz CT molecular complexity index is 941. The third kappa shape index (κ3) is 3.39. The van der Waals surface area contributed by atoms with Gasteiger partial charge in [0.05, 0.1) is 11.1 Å². The number of aromatic amines is 1. The van der Waals surface area contributed by atoms with E-state index in [4.69, 9.17) is 0 Å². The highest BCUT2D eigenvalue weighted by Gasteiger charge is 2.36. The van der Waals surface area contributed by atoms with Gasteiger partial charge in [-0.2, -0.15) is 13.2 Å². The molecule has 140 valence electrons. The molecule has 0 spiro atoms. The zero-order valence-corrected chi connectivity index (χ0v) is 14.3. The second-order valence-electron chi connectivity index (χ2n) is 6.61. The number of benzene rings is 1. The molecule has 0 unspecified atom stereocenters. The molecule has 1 aliphatic heterocycles. The number of halogens is 3. The van der Waals surface area contributed by atoms with Gasteiger partial charge >= 0.3 is 6.18 Å². The summed E-state index contributed by atoms with van der Waals surface area (Å²) in [5.41, 5.74) is 0.868. The quantitative estimate of drug-likeness (QED) is 0.738. The summed E-state index contributed by atoms with van der Waals surface area (Å²) in [5.74, 6) is -0.266. The third-order valence-corrected chi connectivity index (χ3v) is 4.95. The monoisotopic (exact) mass is 374 g/mol. The number of likely N-dealkylation sites (tertiary alicyclic amines) is 1. The minimum absolute atomic E-state index is 0.206. The molecule has 2 aromatic heterocycles. The molecule has 1 saturated heterocycles. The number of carbonyl (C=O) groups excluding carboxylic acids is 1. The summed E-state index contributed by atoms with van der Waals surface area (Å²) in [6.45, 7) is 0.778. The van der Waals surface area contributed by atoms with Crippen LogP contribution in [-0.2, 0) is 6.18 Å². The molecular weight excluding hydrogens is 357 g/mol. The largest absolute Gasteiger partial charge is 0.416 e. The first kappa shape index (κ1) is 17.5. The first-order valence-electron chi connectivity index (χ1n) is 8.69. The zero-order valence-electron chi connectivity index (χ0n) is 14.3. The minimum Gasteiger partial charge on any atom is -0.336 e. The van der Waals surface area contributed by atoms with E-state index < -0.39 is 11.7 Å². The molecule has 3 heterocycles. The maximum atomic E-state index is 13.2. The Balaban J connectivity index is 1.49. The fraction of sp³-hybridized carbons (Fsp3) is 0.316. The highest BCUT2D eigenvalue weighted by Crippen LogP contribution is 2.38. The van der Waals surface area contributed by atoms with Gasteiger partial charge in [0, 0.05) is 19.3 Å². The molecule has 0 bridgehead atoms. The predicted molar refractivity (Wildman–Crippen MR) is 93.2 cm³/mol. The summed E-state index contributed by atoms with van der Waals surface area (Å²) in [6, 6.07) is 9.22. The lowest BCUT2D eigenvalue weighted by molar-refractivity contribution is -0.138. The van der Waals surface area contributed by atoms with E-state index in [0.717, 1.165) is 6.07 Å². The van der Waals surface area contributed by atoms with Crippen molar-refractivity contribution < 1.29 is 18.0 Å². The van der Waals surface area contributed by atoms with E-state index in [1.54, 1.807) is 29.3 Å². The van der Waals surface area contributed by atoms with Crippen LogP contribution in [0.2, 0.25) is 0 Å². The molecule has 27 heavy (non-hydrogen) atoms. The third-order valence-electron chi connectivity index (χ3n) is 4.95. The van der Waals surface area contributed by atoms with Crippen molar-refractivity contribution in [1.82, 2.24) is 19.9 Å². The van der Waals surface area contributed by atoms with E-state index in [2.05, 4.69) is 15.0 Å². The van der Waals surface area contributed by atoms with Crippen LogP contribution in [-0.4, -0.2) is 38.8 Å². The van der Waals surface area contributed by atoms with Crippen LogP contribution >= 0.6 is 0 Å². The molecule has 0 saturated carbocycles. The fourth-order valence-corrected chi connectivity index (χ4v) is 3.60. The van der Waals surface area contributed by atoms with Crippen molar-refractivity contribution in [3.05, 3.63) is 59.5 Å². The van der Waals surface area contributed by atoms with E-state index in [-0.39, 0.29) is 17.6 Å². The molecule has 0 radical (unpaired) electrons. The van der Waals surface area contributed by atoms with Gasteiger partial charge in [-0.15, -0.1) is 0 Å². The molecule has 1 aliphatic rings. The van der Waals surface area contributed by atoms with Crippen molar-refractivity contribution in [3.8, 4) is 0 Å². The summed E-state index contributed by atoms with van der Waals surface area (Å²) >= 11 is 0. The Morgan fingerprint density at radius 2 is 1.85 bits per heavy atom. The van der Waals surface area contributed by atoms with Gasteiger partial charge in [-0.1, -0.05) is 18.2 Å². The Labute approximate surface area is 153 Å². The first-order chi connectivity index (χ1) is 12.9. The molecule has 5 nitrogen and oxygen atoms in total. The van der Waals surface area contributed by atoms with Crippen LogP contribution in [0.5, 0.6) is 0 Å². The van der Waals surface area contributed by atoms with Gasteiger partial charge < -0.3 is 9.88 Å². The van der Waals surface area contributed by atoms with Crippen LogP contribution in [0.3, 0.4) is 0 Å². The Hall–Kier alpha value is -2.90. The molecule has 1 N–H and O–H groups in total. The van der Waals surface area contributed by atoms with Gasteiger partial charge in [-0.25, -0.2) is 9.97 Å². The van der Waals surface area contributed by atoms with Crippen LogP contribution < -0.4 is 0 Å². The number of hydrogen-bond acceptors (Lipinski definition) is 3. The summed E-state index contributed by atoms with van der Waals surface area (Å²) in [7, 11) is 0. The number of imidazole rings is 1. The van der Waals surface area contributed by atoms with Gasteiger partial charge in [-0.3, -0.25) is 4.79 Å². The van der Waals surface area contributed by atoms with Crippen LogP contribution in [0.4, 0.5) is 13.2 Å². The van der Waals surface area contributed by atoms with Gasteiger partial charge in [-0.05, 0) is 42.5 Å². The maximum absolute atomic E-state index is 13.2. The number of piperidine rings is 1. The summed E-state index contributed by atoms with van der Waals surface area (Å²) < 4.78 is 39.7. The molecule has 3 aromatic rings. The lowest BCUT2D eigenvalue weighted by atomic mass is 9.86. The molecule has 0 atom stereocenters. The standard InChI is InChI=1S/C19H17F3N4O/c20-19(21,22)14-5-2-1-4-13(14)12-7-10-26(11-8-12)18(27)17-24-15-6-3-9-23-16(15)25-17/h1-6,9,12H,7-8,10-11H2,(H,23,24,25). The topological polar surface area (TPSA) is 61.9 Å². The smallest absolute Gasteiger partial charge is 0.336 e. The SMILES string of the molecule is O=C(c1nc2ncccc2[nH]1)N1CCC(c2ccccc2C(F)(F)F)CC1. The van der Waals surface area contributed by atoms with Crippen LogP contribution in [0.15, 0.2) is 42.6 Å². The number of rotatable bonds is 2. The summed E-state index contributed by atoms with van der Waals surface area (Å²) in [6.07, 6.45) is -1.81. The number of amides is 1. The minimum atomic E-state index is -4.37. The van der Waals surface area contributed by atoms with E-state index in [1.165, 1.54) is 12.1 Å². The molecule has 1 fully saturated rings. The maximum Gasteiger partial charge on any atom is 0.416 e. The van der Waals surface area contributed by atoms with Gasteiger partial charge in [0.2, 0.25) is 0 Å². The second kappa shape index (κ2) is 6.68. The number of pyridine rings is 1. The Morgan fingerprint density at radius 1 is 1.11 bits per heavy atom. The average molecular weight is 374 g/mol. The number of alkyl halides is 3. The highest BCUT2D eigenvalue weighted by atomic mass is 19.4. The van der Waals surface area contributed by atoms with Crippen molar-refractivity contribution in [1.29, 1.82) is 0 Å². The Morgan fingerprint density at radius 3 is 2.56 bits per heavy atom. The van der Waals surface area contributed by atoms with Gasteiger partial charge in [0.25, 0.3) is 5.91 Å². The Kier molecular flexibility index (Phi) is 4.33.